The fourth-order valence-electron chi connectivity index (χ4n) is 1.66. The fraction of sp³-hybridized carbons (Fsp3) is 0.143. The zero-order chi connectivity index (χ0) is 15.6. The largest absolute Gasteiger partial charge is 0.453 e. The first-order chi connectivity index (χ1) is 9.88. The summed E-state index contributed by atoms with van der Waals surface area (Å²) in [6.07, 6.45) is -0.793. The van der Waals surface area contributed by atoms with Crippen molar-refractivity contribution < 1.29 is 19.2 Å². The maximum atomic E-state index is 13.9. The van der Waals surface area contributed by atoms with E-state index >= 15 is 0 Å². The molecule has 2 aromatic rings. The quantitative estimate of drug-likeness (QED) is 0.653. The van der Waals surface area contributed by atoms with Gasteiger partial charge in [-0.15, -0.1) is 0 Å². The smallest absolute Gasteiger partial charge is 0.273 e. The zero-order valence-electron chi connectivity index (χ0n) is 10.9. The molecule has 0 aliphatic rings. The van der Waals surface area contributed by atoms with E-state index in [-0.39, 0.29) is 17.2 Å². The Bertz CT molecular complexity index is 691. The van der Waals surface area contributed by atoms with Crippen LogP contribution >= 0.6 is 15.9 Å². The van der Waals surface area contributed by atoms with Crippen molar-refractivity contribution in [1.29, 1.82) is 0 Å². The Hall–Kier alpha value is -1.99. The molecule has 0 saturated heterocycles. The molecule has 0 aliphatic heterocycles. The Morgan fingerprint density at radius 3 is 2.57 bits per heavy atom. The molecule has 0 unspecified atom stereocenters. The molecule has 0 aromatic heterocycles. The second-order valence-electron chi connectivity index (χ2n) is 4.34. The standard InChI is InChI=1S/C14H11BrFNO4/c1-8(18)9-2-5-13(12(16)6-9)21-14-7-10(17(19)20)3-4-11(14)15/h2-8,18H,1H3/t8-/m0/s1. The van der Waals surface area contributed by atoms with Gasteiger partial charge in [0, 0.05) is 6.07 Å². The van der Waals surface area contributed by atoms with Gasteiger partial charge in [0.25, 0.3) is 5.69 Å². The summed E-state index contributed by atoms with van der Waals surface area (Å²) in [4.78, 5) is 10.2. The molecule has 1 N–H and O–H groups in total. The minimum absolute atomic E-state index is 0.0828. The van der Waals surface area contributed by atoms with Crippen LogP contribution in [0.5, 0.6) is 11.5 Å². The van der Waals surface area contributed by atoms with Crippen molar-refractivity contribution in [2.45, 2.75) is 13.0 Å². The first-order valence-electron chi connectivity index (χ1n) is 5.98. The molecule has 0 aliphatic carbocycles. The van der Waals surface area contributed by atoms with E-state index in [0.717, 1.165) is 6.07 Å². The molecule has 0 bridgehead atoms. The Labute approximate surface area is 128 Å². The second-order valence-corrected chi connectivity index (χ2v) is 5.19. The van der Waals surface area contributed by atoms with E-state index in [1.165, 1.54) is 37.3 Å². The summed E-state index contributed by atoms with van der Waals surface area (Å²) in [5, 5.41) is 20.1. The SMILES string of the molecule is C[C@H](O)c1ccc(Oc2cc([N+](=O)[O-])ccc2Br)c(F)c1. The van der Waals surface area contributed by atoms with Crippen molar-refractivity contribution in [3.05, 3.63) is 62.4 Å². The highest BCUT2D eigenvalue weighted by atomic mass is 79.9. The molecule has 0 amide bonds. The number of non-ortho nitro benzene ring substituents is 1. The van der Waals surface area contributed by atoms with Gasteiger partial charge in [0.1, 0.15) is 5.75 Å². The molecule has 0 radical (unpaired) electrons. The predicted octanol–water partition coefficient (Wildman–Crippen LogP) is 4.34. The van der Waals surface area contributed by atoms with E-state index in [2.05, 4.69) is 15.9 Å². The minimum Gasteiger partial charge on any atom is -0.453 e. The van der Waals surface area contributed by atoms with E-state index in [9.17, 15) is 19.6 Å². The van der Waals surface area contributed by atoms with Gasteiger partial charge >= 0.3 is 0 Å². The number of rotatable bonds is 4. The van der Waals surface area contributed by atoms with E-state index in [0.29, 0.717) is 10.0 Å². The van der Waals surface area contributed by atoms with Gasteiger partial charge in [-0.2, -0.15) is 0 Å². The van der Waals surface area contributed by atoms with Crippen LogP contribution in [0.15, 0.2) is 40.9 Å². The first-order valence-corrected chi connectivity index (χ1v) is 6.77. The van der Waals surface area contributed by atoms with Gasteiger partial charge in [-0.1, -0.05) is 6.07 Å². The number of ether oxygens (including phenoxy) is 1. The highest BCUT2D eigenvalue weighted by Crippen LogP contribution is 2.34. The van der Waals surface area contributed by atoms with E-state index in [1.807, 2.05) is 0 Å². The number of benzene rings is 2. The number of aliphatic hydroxyl groups excluding tert-OH is 1. The molecule has 0 saturated carbocycles. The van der Waals surface area contributed by atoms with Crippen LogP contribution in [0, 0.1) is 15.9 Å². The van der Waals surface area contributed by atoms with E-state index < -0.39 is 16.8 Å². The highest BCUT2D eigenvalue weighted by molar-refractivity contribution is 9.10. The Morgan fingerprint density at radius 1 is 1.29 bits per heavy atom. The van der Waals surface area contributed by atoms with Gasteiger partial charge in [0.2, 0.25) is 0 Å². The van der Waals surface area contributed by atoms with Crippen molar-refractivity contribution in [3.63, 3.8) is 0 Å². The summed E-state index contributed by atoms with van der Waals surface area (Å²) < 4.78 is 19.7. The molecule has 2 aromatic carbocycles. The molecular formula is C14H11BrFNO4. The molecular weight excluding hydrogens is 345 g/mol. The lowest BCUT2D eigenvalue weighted by Crippen LogP contribution is -1.95. The van der Waals surface area contributed by atoms with Crippen molar-refractivity contribution in [2.75, 3.05) is 0 Å². The summed E-state index contributed by atoms with van der Waals surface area (Å²) >= 11 is 3.19. The third kappa shape index (κ3) is 3.56. The number of hydrogen-bond acceptors (Lipinski definition) is 4. The summed E-state index contributed by atoms with van der Waals surface area (Å²) in [6, 6.07) is 8.01. The van der Waals surface area contributed by atoms with Crippen molar-refractivity contribution >= 4 is 21.6 Å². The number of aliphatic hydroxyl groups is 1. The molecule has 2 rings (SSSR count). The van der Waals surface area contributed by atoms with Gasteiger partial charge in [-0.25, -0.2) is 4.39 Å². The van der Waals surface area contributed by atoms with Gasteiger partial charge in [0.15, 0.2) is 11.6 Å². The summed E-state index contributed by atoms with van der Waals surface area (Å²) in [5.41, 5.74) is 0.257. The van der Waals surface area contributed by atoms with Gasteiger partial charge < -0.3 is 9.84 Å². The fourth-order valence-corrected chi connectivity index (χ4v) is 1.99. The maximum Gasteiger partial charge on any atom is 0.273 e. The molecule has 110 valence electrons. The summed E-state index contributed by atoms with van der Waals surface area (Å²) in [7, 11) is 0. The van der Waals surface area contributed by atoms with Crippen LogP contribution in [0.2, 0.25) is 0 Å². The number of nitro groups is 1. The predicted molar refractivity (Wildman–Crippen MR) is 77.9 cm³/mol. The van der Waals surface area contributed by atoms with Crippen molar-refractivity contribution in [1.82, 2.24) is 0 Å². The molecule has 0 heterocycles. The molecule has 1 atom stereocenters. The Kier molecular flexibility index (Phi) is 4.54. The van der Waals surface area contributed by atoms with Crippen LogP contribution in [-0.4, -0.2) is 10.0 Å². The summed E-state index contributed by atoms with van der Waals surface area (Å²) in [6.45, 7) is 1.52. The Balaban J connectivity index is 2.34. The number of hydrogen-bond donors (Lipinski definition) is 1. The average molecular weight is 356 g/mol. The van der Waals surface area contributed by atoms with Crippen LogP contribution in [0.3, 0.4) is 0 Å². The number of halogens is 2. The van der Waals surface area contributed by atoms with Crippen LogP contribution < -0.4 is 4.74 Å². The van der Waals surface area contributed by atoms with Crippen LogP contribution in [-0.2, 0) is 0 Å². The van der Waals surface area contributed by atoms with Gasteiger partial charge in [-0.05, 0) is 46.6 Å². The molecule has 5 nitrogen and oxygen atoms in total. The molecule has 7 heteroatoms. The third-order valence-corrected chi connectivity index (χ3v) is 3.44. The second kappa shape index (κ2) is 6.19. The zero-order valence-corrected chi connectivity index (χ0v) is 12.5. The van der Waals surface area contributed by atoms with Crippen LogP contribution in [0.1, 0.15) is 18.6 Å². The normalized spacial score (nSPS) is 12.0. The number of nitrogens with zero attached hydrogens (tertiary/aromatic N) is 1. The van der Waals surface area contributed by atoms with Crippen LogP contribution in [0.4, 0.5) is 10.1 Å². The average Bonchev–Trinajstić information content (AvgIpc) is 2.42. The Morgan fingerprint density at radius 2 is 2.00 bits per heavy atom. The first kappa shape index (κ1) is 15.4. The summed E-state index contributed by atoms with van der Waals surface area (Å²) in [5.74, 6) is -0.611. The van der Waals surface area contributed by atoms with Crippen LogP contribution in [0.25, 0.3) is 0 Å². The highest BCUT2D eigenvalue weighted by Gasteiger charge is 2.14. The molecule has 0 spiro atoms. The van der Waals surface area contributed by atoms with Crippen molar-refractivity contribution in [3.8, 4) is 11.5 Å². The van der Waals surface area contributed by atoms with Gasteiger partial charge in [0.05, 0.1) is 21.6 Å². The van der Waals surface area contributed by atoms with E-state index in [4.69, 9.17) is 4.74 Å². The molecule has 21 heavy (non-hydrogen) atoms. The lowest BCUT2D eigenvalue weighted by molar-refractivity contribution is -0.384. The number of nitro benzene ring substituents is 1. The third-order valence-electron chi connectivity index (χ3n) is 2.78. The van der Waals surface area contributed by atoms with Gasteiger partial charge in [-0.3, -0.25) is 10.1 Å². The lowest BCUT2D eigenvalue weighted by atomic mass is 10.1. The maximum absolute atomic E-state index is 13.9. The molecule has 0 fully saturated rings. The minimum atomic E-state index is -0.793. The topological polar surface area (TPSA) is 72.6 Å². The van der Waals surface area contributed by atoms with Crippen molar-refractivity contribution in [2.24, 2.45) is 0 Å². The lowest BCUT2D eigenvalue weighted by Gasteiger charge is -2.10. The van der Waals surface area contributed by atoms with E-state index in [1.54, 1.807) is 0 Å². The monoisotopic (exact) mass is 355 g/mol.